The van der Waals surface area contributed by atoms with Crippen molar-refractivity contribution in [1.29, 1.82) is 0 Å². The maximum atomic E-state index is 14.7. The summed E-state index contributed by atoms with van der Waals surface area (Å²) in [6.07, 6.45) is 3.05. The van der Waals surface area contributed by atoms with Gasteiger partial charge in [0.2, 0.25) is 0 Å². The standard InChI is InChI=1S/C36H42F4O5/c1-3-5-7-8-9-10-11-12-24-43-32-23-20-29(25-31(32)37)26-14-16-27(17-15-26)34(41)44-30-21-18-28(19-22-30)35(42)45-33(13-6-4-2)36(38,39)40/h14-23,25,33H,3-13,24H2,1-2H3/t33-/m1/s1. The molecule has 244 valence electrons. The average Bonchev–Trinajstić information content (AvgIpc) is 3.02. The van der Waals surface area contributed by atoms with Gasteiger partial charge in [0.25, 0.3) is 0 Å². The second-order valence-electron chi connectivity index (χ2n) is 11.0. The summed E-state index contributed by atoms with van der Waals surface area (Å²) in [7, 11) is 0. The van der Waals surface area contributed by atoms with Crippen LogP contribution in [0.2, 0.25) is 0 Å². The lowest BCUT2D eigenvalue weighted by molar-refractivity contribution is -0.206. The molecule has 0 unspecified atom stereocenters. The van der Waals surface area contributed by atoms with Crippen LogP contribution in [0.5, 0.6) is 11.5 Å². The number of ether oxygens (including phenoxy) is 3. The van der Waals surface area contributed by atoms with Crippen LogP contribution in [0, 0.1) is 5.82 Å². The zero-order valence-electron chi connectivity index (χ0n) is 26.0. The summed E-state index contributed by atoms with van der Waals surface area (Å²) < 4.78 is 69.9. The Labute approximate surface area is 262 Å². The van der Waals surface area contributed by atoms with Crippen LogP contribution >= 0.6 is 0 Å². The van der Waals surface area contributed by atoms with E-state index in [2.05, 4.69) is 6.92 Å². The quantitative estimate of drug-likeness (QED) is 0.0606. The van der Waals surface area contributed by atoms with E-state index in [1.165, 1.54) is 62.4 Å². The summed E-state index contributed by atoms with van der Waals surface area (Å²) in [6, 6.07) is 16.3. The van der Waals surface area contributed by atoms with Gasteiger partial charge in [0.15, 0.2) is 17.7 Å². The predicted octanol–water partition coefficient (Wildman–Crippen LogP) is 10.5. The minimum absolute atomic E-state index is 0.0956. The molecule has 0 saturated heterocycles. The van der Waals surface area contributed by atoms with Crippen molar-refractivity contribution in [3.8, 4) is 22.6 Å². The molecule has 1 atom stereocenters. The Morgan fingerprint density at radius 3 is 1.84 bits per heavy atom. The summed E-state index contributed by atoms with van der Waals surface area (Å²) in [4.78, 5) is 24.9. The molecule has 0 radical (unpaired) electrons. The molecule has 0 heterocycles. The third-order valence-corrected chi connectivity index (χ3v) is 7.38. The Morgan fingerprint density at radius 2 is 1.24 bits per heavy atom. The molecule has 0 amide bonds. The Kier molecular flexibility index (Phi) is 14.4. The highest BCUT2D eigenvalue weighted by Gasteiger charge is 2.42. The van der Waals surface area contributed by atoms with Crippen molar-refractivity contribution in [1.82, 2.24) is 0 Å². The van der Waals surface area contributed by atoms with Crippen molar-refractivity contribution >= 4 is 11.9 Å². The number of carbonyl (C=O) groups is 2. The van der Waals surface area contributed by atoms with Crippen LogP contribution in [0.3, 0.4) is 0 Å². The predicted molar refractivity (Wildman–Crippen MR) is 166 cm³/mol. The lowest BCUT2D eigenvalue weighted by Crippen LogP contribution is -2.33. The maximum absolute atomic E-state index is 14.7. The molecule has 0 aliphatic heterocycles. The van der Waals surface area contributed by atoms with Gasteiger partial charge < -0.3 is 14.2 Å². The number of unbranched alkanes of at least 4 members (excludes halogenated alkanes) is 8. The summed E-state index contributed by atoms with van der Waals surface area (Å²) in [5.74, 6) is -1.94. The van der Waals surface area contributed by atoms with Crippen LogP contribution in [0.15, 0.2) is 66.7 Å². The average molecular weight is 631 g/mol. The number of hydrogen-bond acceptors (Lipinski definition) is 5. The SMILES string of the molecule is CCCCCCCCCCOc1ccc(-c2ccc(C(=O)Oc3ccc(C(=O)O[C@H](CCCC)C(F)(F)F)cc3)cc2)cc1F. The lowest BCUT2D eigenvalue weighted by Gasteiger charge is -2.20. The van der Waals surface area contributed by atoms with E-state index >= 15 is 0 Å². The fraction of sp³-hybridized carbons (Fsp3) is 0.444. The number of alkyl halides is 3. The summed E-state index contributed by atoms with van der Waals surface area (Å²) >= 11 is 0. The van der Waals surface area contributed by atoms with Crippen molar-refractivity contribution < 1.29 is 41.4 Å². The van der Waals surface area contributed by atoms with E-state index in [9.17, 15) is 27.2 Å². The van der Waals surface area contributed by atoms with Crippen LogP contribution in [0.4, 0.5) is 17.6 Å². The fourth-order valence-electron chi connectivity index (χ4n) is 4.72. The van der Waals surface area contributed by atoms with Gasteiger partial charge in [-0.1, -0.05) is 83.4 Å². The first kappa shape index (κ1) is 35.6. The third kappa shape index (κ3) is 11.9. The van der Waals surface area contributed by atoms with E-state index in [4.69, 9.17) is 14.2 Å². The van der Waals surface area contributed by atoms with Crippen LogP contribution in [0.25, 0.3) is 11.1 Å². The van der Waals surface area contributed by atoms with E-state index in [0.717, 1.165) is 19.3 Å². The van der Waals surface area contributed by atoms with Crippen LogP contribution < -0.4 is 9.47 Å². The van der Waals surface area contributed by atoms with Crippen LogP contribution in [-0.4, -0.2) is 30.8 Å². The van der Waals surface area contributed by atoms with E-state index in [1.54, 1.807) is 43.3 Å². The van der Waals surface area contributed by atoms with Gasteiger partial charge in [0, 0.05) is 0 Å². The van der Waals surface area contributed by atoms with Crippen LogP contribution in [0.1, 0.15) is 105 Å². The van der Waals surface area contributed by atoms with Crippen molar-refractivity contribution in [3.63, 3.8) is 0 Å². The molecule has 3 aromatic carbocycles. The molecular weight excluding hydrogens is 588 g/mol. The van der Waals surface area contributed by atoms with Crippen molar-refractivity contribution in [3.05, 3.63) is 83.7 Å². The van der Waals surface area contributed by atoms with Crippen molar-refractivity contribution in [2.75, 3.05) is 6.61 Å². The number of hydrogen-bond donors (Lipinski definition) is 0. The van der Waals surface area contributed by atoms with Gasteiger partial charge >= 0.3 is 18.1 Å². The molecular formula is C36H42F4O5. The largest absolute Gasteiger partial charge is 0.491 e. The number of esters is 2. The molecule has 0 saturated carbocycles. The van der Waals surface area contributed by atoms with Crippen molar-refractivity contribution in [2.24, 2.45) is 0 Å². The minimum Gasteiger partial charge on any atom is -0.491 e. The van der Waals surface area contributed by atoms with E-state index in [0.29, 0.717) is 24.2 Å². The molecule has 0 N–H and O–H groups in total. The van der Waals surface area contributed by atoms with E-state index < -0.39 is 30.0 Å². The Bertz CT molecular complexity index is 1340. The van der Waals surface area contributed by atoms with Gasteiger partial charge in [-0.25, -0.2) is 14.0 Å². The zero-order valence-corrected chi connectivity index (χ0v) is 26.0. The maximum Gasteiger partial charge on any atom is 0.425 e. The third-order valence-electron chi connectivity index (χ3n) is 7.38. The van der Waals surface area contributed by atoms with Gasteiger partial charge in [-0.2, -0.15) is 13.2 Å². The van der Waals surface area contributed by atoms with Gasteiger partial charge in [-0.3, -0.25) is 0 Å². The van der Waals surface area contributed by atoms with Gasteiger partial charge in [-0.15, -0.1) is 0 Å². The van der Waals surface area contributed by atoms with E-state index in [1.807, 2.05) is 0 Å². The Morgan fingerprint density at radius 1 is 0.689 bits per heavy atom. The summed E-state index contributed by atoms with van der Waals surface area (Å²) in [5.41, 5.74) is 1.45. The number of halogens is 4. The summed E-state index contributed by atoms with van der Waals surface area (Å²) in [5, 5.41) is 0. The first-order valence-electron chi connectivity index (χ1n) is 15.7. The fourth-order valence-corrected chi connectivity index (χ4v) is 4.72. The van der Waals surface area contributed by atoms with Crippen LogP contribution in [-0.2, 0) is 4.74 Å². The number of carbonyl (C=O) groups excluding carboxylic acids is 2. The zero-order chi connectivity index (χ0) is 32.7. The van der Waals surface area contributed by atoms with Crippen molar-refractivity contribution in [2.45, 2.75) is 96.8 Å². The molecule has 45 heavy (non-hydrogen) atoms. The molecule has 5 nitrogen and oxygen atoms in total. The first-order chi connectivity index (χ1) is 21.6. The molecule has 3 aromatic rings. The minimum atomic E-state index is -4.66. The van der Waals surface area contributed by atoms with E-state index in [-0.39, 0.29) is 35.5 Å². The molecule has 3 rings (SSSR count). The summed E-state index contributed by atoms with van der Waals surface area (Å²) in [6.45, 7) is 4.41. The Hall–Kier alpha value is -3.88. The first-order valence-corrected chi connectivity index (χ1v) is 15.7. The normalized spacial score (nSPS) is 12.0. The molecule has 0 bridgehead atoms. The molecule has 9 heteroatoms. The second-order valence-corrected chi connectivity index (χ2v) is 11.0. The molecule has 0 aromatic heterocycles. The highest BCUT2D eigenvalue weighted by molar-refractivity contribution is 5.92. The molecule has 0 fully saturated rings. The van der Waals surface area contributed by atoms with Gasteiger partial charge in [0.1, 0.15) is 5.75 Å². The van der Waals surface area contributed by atoms with Gasteiger partial charge in [0.05, 0.1) is 17.7 Å². The smallest absolute Gasteiger partial charge is 0.425 e. The topological polar surface area (TPSA) is 61.8 Å². The van der Waals surface area contributed by atoms with Gasteiger partial charge in [-0.05, 0) is 78.9 Å². The molecule has 0 aliphatic rings. The molecule has 0 aliphatic carbocycles. The highest BCUT2D eigenvalue weighted by atomic mass is 19.4. The number of rotatable bonds is 18. The Balaban J connectivity index is 1.49. The second kappa shape index (κ2) is 18.2. The molecule has 0 spiro atoms. The number of benzene rings is 3. The lowest BCUT2D eigenvalue weighted by atomic mass is 10.0. The highest BCUT2D eigenvalue weighted by Crippen LogP contribution is 2.29. The monoisotopic (exact) mass is 630 g/mol.